The summed E-state index contributed by atoms with van der Waals surface area (Å²) >= 11 is 17.3. The van der Waals surface area contributed by atoms with Crippen molar-refractivity contribution < 1.29 is 9.53 Å². The number of esters is 1. The summed E-state index contributed by atoms with van der Waals surface area (Å²) in [4.78, 5) is 16.9. The van der Waals surface area contributed by atoms with Crippen LogP contribution in [0.5, 0.6) is 0 Å². The van der Waals surface area contributed by atoms with Crippen molar-refractivity contribution in [3.8, 4) is 0 Å². The van der Waals surface area contributed by atoms with E-state index in [2.05, 4.69) is 15.8 Å². The van der Waals surface area contributed by atoms with E-state index in [1.807, 2.05) is 6.07 Å². The van der Waals surface area contributed by atoms with Gasteiger partial charge >= 0.3 is 5.97 Å². The van der Waals surface area contributed by atoms with E-state index >= 15 is 0 Å². The van der Waals surface area contributed by atoms with Crippen LogP contribution in [0.15, 0.2) is 52.3 Å². The molecular formula is C17H18Cl2N4O2S. The molecule has 4 N–H and O–H groups in total. The molecule has 0 bridgehead atoms. The minimum atomic E-state index is -0.515. The number of nitrogens with two attached hydrogens (primary N) is 1. The number of ether oxygens (including phenoxy) is 1. The molecule has 1 unspecified atom stereocenters. The Balaban J connectivity index is 2.58. The van der Waals surface area contributed by atoms with Gasteiger partial charge in [0.25, 0.3) is 0 Å². The predicted molar refractivity (Wildman–Crippen MR) is 108 cm³/mol. The molecule has 2 rings (SSSR count). The number of allylic oxidation sites excluding steroid dienone is 2. The van der Waals surface area contributed by atoms with Crippen LogP contribution < -0.4 is 16.6 Å². The van der Waals surface area contributed by atoms with E-state index < -0.39 is 11.9 Å². The maximum absolute atomic E-state index is 12.6. The number of nitrogens with one attached hydrogen (secondary N) is 2. The van der Waals surface area contributed by atoms with Crippen LogP contribution in [-0.2, 0) is 9.53 Å². The molecule has 0 fully saturated rings. The average Bonchev–Trinajstić information content (AvgIpc) is 2.56. The largest absolute Gasteiger partial charge is 0.463 e. The molecule has 1 aliphatic heterocycles. The Kier molecular flexibility index (Phi) is 7.02. The van der Waals surface area contributed by atoms with Gasteiger partial charge < -0.3 is 15.9 Å². The van der Waals surface area contributed by atoms with Crippen LogP contribution in [0, 0.1) is 0 Å². The summed E-state index contributed by atoms with van der Waals surface area (Å²) in [6, 6.07) is 7.17. The van der Waals surface area contributed by atoms with Gasteiger partial charge in [-0.2, -0.15) is 0 Å². The summed E-state index contributed by atoms with van der Waals surface area (Å²) in [7, 11) is 0. The molecule has 0 saturated heterocycles. The number of carbonyl (C=O) groups excluding carboxylic acids is 1. The topological polar surface area (TPSA) is 88.7 Å². The van der Waals surface area contributed by atoms with Gasteiger partial charge in [-0.15, -0.1) is 0 Å². The predicted octanol–water partition coefficient (Wildman–Crippen LogP) is 3.13. The van der Waals surface area contributed by atoms with Crippen LogP contribution in [0.25, 0.3) is 0 Å². The minimum Gasteiger partial charge on any atom is -0.463 e. The zero-order chi connectivity index (χ0) is 19.3. The number of benzene rings is 1. The zero-order valence-electron chi connectivity index (χ0n) is 14.2. The highest BCUT2D eigenvalue weighted by Gasteiger charge is 2.34. The number of rotatable bonds is 5. The van der Waals surface area contributed by atoms with Crippen molar-refractivity contribution in [1.82, 2.24) is 10.9 Å². The molecule has 6 nitrogen and oxygen atoms in total. The second kappa shape index (κ2) is 9.02. The zero-order valence-corrected chi connectivity index (χ0v) is 16.5. The number of carbonyl (C=O) groups is 1. The molecule has 1 aliphatic rings. The van der Waals surface area contributed by atoms with Crippen molar-refractivity contribution in [2.45, 2.75) is 19.8 Å². The van der Waals surface area contributed by atoms with Gasteiger partial charge in [0.15, 0.2) is 5.11 Å². The highest BCUT2D eigenvalue weighted by molar-refractivity contribution is 7.80. The number of aliphatic imine (C=N–C) groups is 1. The molecule has 1 atom stereocenters. The maximum atomic E-state index is 12.6. The summed E-state index contributed by atoms with van der Waals surface area (Å²) in [5.74, 6) is -0.977. The number of hydrazine groups is 1. The molecule has 1 aromatic carbocycles. The number of hydrogen-bond acceptors (Lipinski definition) is 5. The Morgan fingerprint density at radius 1 is 1.46 bits per heavy atom. The van der Waals surface area contributed by atoms with Crippen LogP contribution in [-0.4, -0.2) is 22.9 Å². The van der Waals surface area contributed by atoms with E-state index in [1.165, 1.54) is 0 Å². The lowest BCUT2D eigenvalue weighted by molar-refractivity contribution is -0.138. The number of nitrogens with zero attached hydrogens (tertiary/aromatic N) is 1. The lowest BCUT2D eigenvalue weighted by atomic mass is 9.82. The molecule has 0 amide bonds. The monoisotopic (exact) mass is 412 g/mol. The summed E-state index contributed by atoms with van der Waals surface area (Å²) in [6.07, 6.45) is 1.56. The van der Waals surface area contributed by atoms with E-state index in [0.29, 0.717) is 21.9 Å². The van der Waals surface area contributed by atoms with Gasteiger partial charge in [-0.05, 0) is 43.8 Å². The van der Waals surface area contributed by atoms with Crippen molar-refractivity contribution in [3.63, 3.8) is 0 Å². The summed E-state index contributed by atoms with van der Waals surface area (Å²) in [5, 5.41) is 0.829. The third kappa shape index (κ3) is 4.75. The highest BCUT2D eigenvalue weighted by Crippen LogP contribution is 2.40. The summed E-state index contributed by atoms with van der Waals surface area (Å²) in [6.45, 7) is 3.70. The first-order chi connectivity index (χ1) is 12.3. The van der Waals surface area contributed by atoms with Crippen LogP contribution in [0.2, 0.25) is 5.02 Å². The van der Waals surface area contributed by atoms with Gasteiger partial charge in [-0.25, -0.2) is 9.79 Å². The Labute approximate surface area is 167 Å². The van der Waals surface area contributed by atoms with E-state index in [1.54, 1.807) is 38.2 Å². The fourth-order valence-corrected chi connectivity index (χ4v) is 3.14. The number of halogens is 2. The fraction of sp³-hybridized carbons (Fsp3) is 0.235. The summed E-state index contributed by atoms with van der Waals surface area (Å²) in [5.41, 5.74) is 12.9. The van der Waals surface area contributed by atoms with Crippen LogP contribution >= 0.6 is 35.4 Å². The Bertz CT molecular complexity index is 821. The molecule has 0 spiro atoms. The van der Waals surface area contributed by atoms with E-state index in [9.17, 15) is 4.79 Å². The Hall–Kier alpha value is -2.09. The molecule has 1 aromatic rings. The normalized spacial score (nSPS) is 18.4. The van der Waals surface area contributed by atoms with Crippen LogP contribution in [0.4, 0.5) is 0 Å². The van der Waals surface area contributed by atoms with Crippen molar-refractivity contribution in [1.29, 1.82) is 0 Å². The molecule has 1 heterocycles. The standard InChI is InChI=1S/C17H18Cl2N4O2S/c1-3-25-16(24)13-9(2)22-15(19)12(8-21-23-17(20)26)14(13)10-5-4-6-11(18)7-10/h4-8,14,21H,3H2,1-2H3,(H3,20,23,26)/b12-8-. The van der Waals surface area contributed by atoms with E-state index in [4.69, 9.17) is 45.9 Å². The molecule has 26 heavy (non-hydrogen) atoms. The lowest BCUT2D eigenvalue weighted by Crippen LogP contribution is -2.38. The SMILES string of the molecule is CCOC(=O)C1=C(C)N=C(Cl)/C(=C\NNC(N)=S)C1c1cccc(Cl)c1. The van der Waals surface area contributed by atoms with E-state index in [-0.39, 0.29) is 16.9 Å². The molecule has 0 aromatic heterocycles. The quantitative estimate of drug-likeness (QED) is 0.391. The first-order valence-corrected chi connectivity index (χ1v) is 8.90. The molecule has 0 aliphatic carbocycles. The lowest BCUT2D eigenvalue weighted by Gasteiger charge is -2.27. The van der Waals surface area contributed by atoms with Crippen LogP contribution in [0.3, 0.4) is 0 Å². The summed E-state index contributed by atoms with van der Waals surface area (Å²) < 4.78 is 5.21. The second-order valence-electron chi connectivity index (χ2n) is 5.34. The third-order valence-electron chi connectivity index (χ3n) is 3.59. The van der Waals surface area contributed by atoms with Gasteiger partial charge in [0.1, 0.15) is 5.17 Å². The molecular weight excluding hydrogens is 395 g/mol. The molecule has 0 saturated carbocycles. The van der Waals surface area contributed by atoms with Crippen LogP contribution in [0.1, 0.15) is 25.3 Å². The van der Waals surface area contributed by atoms with Crippen molar-refractivity contribution in [2.75, 3.05) is 6.61 Å². The van der Waals surface area contributed by atoms with E-state index in [0.717, 1.165) is 5.56 Å². The molecule has 9 heteroatoms. The fourth-order valence-electron chi connectivity index (χ4n) is 2.59. The molecule has 138 valence electrons. The first-order valence-electron chi connectivity index (χ1n) is 7.74. The second-order valence-corrected chi connectivity index (χ2v) is 6.58. The van der Waals surface area contributed by atoms with Gasteiger partial charge in [-0.1, -0.05) is 35.3 Å². The van der Waals surface area contributed by atoms with Crippen molar-refractivity contribution in [3.05, 3.63) is 57.9 Å². The third-order valence-corrected chi connectivity index (χ3v) is 4.23. The first kappa shape index (κ1) is 20.2. The average molecular weight is 413 g/mol. The smallest absolute Gasteiger partial charge is 0.336 e. The maximum Gasteiger partial charge on any atom is 0.336 e. The van der Waals surface area contributed by atoms with Crippen molar-refractivity contribution >= 4 is 51.7 Å². The van der Waals surface area contributed by atoms with Gasteiger partial charge in [-0.3, -0.25) is 5.43 Å². The van der Waals surface area contributed by atoms with Gasteiger partial charge in [0, 0.05) is 22.7 Å². The Morgan fingerprint density at radius 3 is 2.81 bits per heavy atom. The van der Waals surface area contributed by atoms with Gasteiger partial charge in [0.05, 0.1) is 17.9 Å². The number of thiocarbonyl (C=S) groups is 1. The minimum absolute atomic E-state index is 0.0577. The van der Waals surface area contributed by atoms with Gasteiger partial charge in [0.2, 0.25) is 0 Å². The molecule has 0 radical (unpaired) electrons. The highest BCUT2D eigenvalue weighted by atomic mass is 35.5. The Morgan fingerprint density at radius 2 is 2.19 bits per heavy atom. The van der Waals surface area contributed by atoms with Crippen molar-refractivity contribution in [2.24, 2.45) is 10.7 Å². The number of hydrogen-bond donors (Lipinski definition) is 3.